The Morgan fingerprint density at radius 1 is 1.14 bits per heavy atom. The highest BCUT2D eigenvalue weighted by Gasteiger charge is 2.13. The molecule has 3 rings (SSSR count). The van der Waals surface area contributed by atoms with Crippen molar-refractivity contribution in [1.29, 1.82) is 0 Å². The van der Waals surface area contributed by atoms with E-state index in [0.717, 1.165) is 9.88 Å². The molecule has 146 valence electrons. The van der Waals surface area contributed by atoms with Crippen molar-refractivity contribution in [2.45, 2.75) is 13.0 Å². The molecule has 1 N–H and O–H groups in total. The maximum atomic E-state index is 12.1. The standard InChI is InChI=1S/C18H14F2N2O4S2/c19-18(20)26-13-5-3-11(4-6-13)21-15(23)9-25-16(24)8-12-10-28-17(22-12)14-2-1-7-27-14/h1-7,10,18H,8-9H2,(H,21,23). The van der Waals surface area contributed by atoms with Gasteiger partial charge in [-0.2, -0.15) is 8.78 Å². The number of thiophene rings is 1. The van der Waals surface area contributed by atoms with Crippen molar-refractivity contribution >= 4 is 40.2 Å². The Hall–Kier alpha value is -2.85. The monoisotopic (exact) mass is 424 g/mol. The Kier molecular flexibility index (Phi) is 6.66. The molecule has 1 amide bonds. The molecule has 6 nitrogen and oxygen atoms in total. The third-order valence-electron chi connectivity index (χ3n) is 3.34. The molecular formula is C18H14F2N2O4S2. The summed E-state index contributed by atoms with van der Waals surface area (Å²) in [6.07, 6.45) is -0.0329. The van der Waals surface area contributed by atoms with Crippen LogP contribution in [0.2, 0.25) is 0 Å². The molecular weight excluding hydrogens is 410 g/mol. The van der Waals surface area contributed by atoms with Gasteiger partial charge in [0.1, 0.15) is 10.8 Å². The van der Waals surface area contributed by atoms with Crippen LogP contribution in [-0.2, 0) is 20.7 Å². The third-order valence-corrected chi connectivity index (χ3v) is 5.27. The maximum absolute atomic E-state index is 12.1. The molecule has 0 spiro atoms. The fraction of sp³-hybridized carbons (Fsp3) is 0.167. The smallest absolute Gasteiger partial charge is 0.387 e. The zero-order valence-corrected chi connectivity index (χ0v) is 15.9. The van der Waals surface area contributed by atoms with E-state index in [9.17, 15) is 18.4 Å². The summed E-state index contributed by atoms with van der Waals surface area (Å²) < 4.78 is 33.3. The number of thiazole rings is 1. The fourth-order valence-corrected chi connectivity index (χ4v) is 3.80. The average Bonchev–Trinajstić information content (AvgIpc) is 3.33. The number of aromatic nitrogens is 1. The van der Waals surface area contributed by atoms with Gasteiger partial charge in [0, 0.05) is 11.1 Å². The molecule has 2 aromatic heterocycles. The van der Waals surface area contributed by atoms with Gasteiger partial charge in [0.2, 0.25) is 0 Å². The lowest BCUT2D eigenvalue weighted by Gasteiger charge is -2.08. The van der Waals surface area contributed by atoms with Crippen LogP contribution in [-0.4, -0.2) is 30.1 Å². The molecule has 0 aliphatic heterocycles. The van der Waals surface area contributed by atoms with Gasteiger partial charge in [-0.3, -0.25) is 9.59 Å². The van der Waals surface area contributed by atoms with E-state index in [1.807, 2.05) is 17.5 Å². The van der Waals surface area contributed by atoms with Crippen molar-refractivity contribution in [2.24, 2.45) is 0 Å². The summed E-state index contributed by atoms with van der Waals surface area (Å²) in [6.45, 7) is -3.38. The fourth-order valence-electron chi connectivity index (χ4n) is 2.16. The number of halogens is 2. The molecule has 0 radical (unpaired) electrons. The van der Waals surface area contributed by atoms with Crippen molar-refractivity contribution in [3.63, 3.8) is 0 Å². The molecule has 0 saturated carbocycles. The third kappa shape index (κ3) is 5.83. The Balaban J connectivity index is 1.43. The van der Waals surface area contributed by atoms with E-state index in [0.29, 0.717) is 11.4 Å². The van der Waals surface area contributed by atoms with Crippen LogP contribution in [0.3, 0.4) is 0 Å². The van der Waals surface area contributed by atoms with Crippen LogP contribution in [0.5, 0.6) is 5.75 Å². The average molecular weight is 424 g/mol. The number of anilines is 1. The molecule has 0 saturated heterocycles. The minimum absolute atomic E-state index is 0.0235. The molecule has 0 atom stereocenters. The normalized spacial score (nSPS) is 10.7. The molecule has 0 bridgehead atoms. The van der Waals surface area contributed by atoms with Crippen molar-refractivity contribution in [2.75, 3.05) is 11.9 Å². The summed E-state index contributed by atoms with van der Waals surface area (Å²) in [5.74, 6) is -1.14. The predicted molar refractivity (Wildman–Crippen MR) is 102 cm³/mol. The van der Waals surface area contributed by atoms with E-state index >= 15 is 0 Å². The van der Waals surface area contributed by atoms with E-state index in [-0.39, 0.29) is 12.2 Å². The zero-order valence-electron chi connectivity index (χ0n) is 14.3. The number of ether oxygens (including phenoxy) is 2. The van der Waals surface area contributed by atoms with Crippen LogP contribution < -0.4 is 10.1 Å². The van der Waals surface area contributed by atoms with Crippen LogP contribution in [0, 0.1) is 0 Å². The highest BCUT2D eigenvalue weighted by molar-refractivity contribution is 7.20. The van der Waals surface area contributed by atoms with Crippen molar-refractivity contribution in [3.05, 3.63) is 52.9 Å². The zero-order chi connectivity index (χ0) is 19.9. The van der Waals surface area contributed by atoms with E-state index in [4.69, 9.17) is 4.74 Å². The lowest BCUT2D eigenvalue weighted by atomic mass is 10.3. The number of carbonyl (C=O) groups excluding carboxylic acids is 2. The lowest BCUT2D eigenvalue weighted by Crippen LogP contribution is -2.21. The molecule has 0 aliphatic rings. The molecule has 0 aliphatic carbocycles. The Morgan fingerprint density at radius 2 is 1.93 bits per heavy atom. The van der Waals surface area contributed by atoms with E-state index in [1.165, 1.54) is 35.6 Å². The van der Waals surface area contributed by atoms with Gasteiger partial charge < -0.3 is 14.8 Å². The van der Waals surface area contributed by atoms with Gasteiger partial charge in [0.25, 0.3) is 5.91 Å². The number of nitrogens with one attached hydrogen (secondary N) is 1. The first-order valence-electron chi connectivity index (χ1n) is 7.98. The van der Waals surface area contributed by atoms with Crippen LogP contribution in [0.15, 0.2) is 47.2 Å². The van der Waals surface area contributed by atoms with Gasteiger partial charge in [-0.1, -0.05) is 6.07 Å². The van der Waals surface area contributed by atoms with Crippen LogP contribution in [0.25, 0.3) is 9.88 Å². The minimum Gasteiger partial charge on any atom is -0.455 e. The van der Waals surface area contributed by atoms with Crippen molar-refractivity contribution < 1.29 is 27.8 Å². The maximum Gasteiger partial charge on any atom is 0.387 e. The predicted octanol–water partition coefficient (Wildman–Crippen LogP) is 4.20. The molecule has 3 aromatic rings. The van der Waals surface area contributed by atoms with E-state index < -0.39 is 25.1 Å². The summed E-state index contributed by atoms with van der Waals surface area (Å²) in [5, 5.41) is 7.05. The first kappa shape index (κ1) is 19.9. The van der Waals surface area contributed by atoms with Gasteiger partial charge in [-0.25, -0.2) is 4.98 Å². The number of hydrogen-bond acceptors (Lipinski definition) is 7. The number of hydrogen-bond donors (Lipinski definition) is 1. The largest absolute Gasteiger partial charge is 0.455 e. The van der Waals surface area contributed by atoms with Crippen LogP contribution in [0.1, 0.15) is 5.69 Å². The summed E-state index contributed by atoms with van der Waals surface area (Å²) in [6, 6.07) is 9.26. The second kappa shape index (κ2) is 9.38. The summed E-state index contributed by atoms with van der Waals surface area (Å²) in [5.41, 5.74) is 0.941. The van der Waals surface area contributed by atoms with E-state index in [2.05, 4.69) is 15.0 Å². The summed E-state index contributed by atoms with van der Waals surface area (Å²) in [4.78, 5) is 29.1. The molecule has 28 heavy (non-hydrogen) atoms. The Labute approximate surface area is 166 Å². The summed E-state index contributed by atoms with van der Waals surface area (Å²) in [7, 11) is 0. The van der Waals surface area contributed by atoms with Crippen molar-refractivity contribution in [1.82, 2.24) is 4.98 Å². The van der Waals surface area contributed by atoms with Gasteiger partial charge in [-0.05, 0) is 35.7 Å². The second-order valence-corrected chi connectivity index (χ2v) is 7.22. The first-order chi connectivity index (χ1) is 13.5. The highest BCUT2D eigenvalue weighted by atomic mass is 32.1. The Morgan fingerprint density at radius 3 is 2.61 bits per heavy atom. The SMILES string of the molecule is O=C(COC(=O)Cc1csc(-c2cccs2)n1)Nc1ccc(OC(F)F)cc1. The van der Waals surface area contributed by atoms with E-state index in [1.54, 1.807) is 16.7 Å². The Bertz CT molecular complexity index is 927. The topological polar surface area (TPSA) is 77.5 Å². The van der Waals surface area contributed by atoms with Gasteiger partial charge in [0.05, 0.1) is 17.0 Å². The minimum atomic E-state index is -2.92. The van der Waals surface area contributed by atoms with Crippen molar-refractivity contribution in [3.8, 4) is 15.6 Å². The van der Waals surface area contributed by atoms with Gasteiger partial charge in [-0.15, -0.1) is 22.7 Å². The highest BCUT2D eigenvalue weighted by Crippen LogP contribution is 2.27. The molecule has 0 fully saturated rings. The lowest BCUT2D eigenvalue weighted by molar-refractivity contribution is -0.146. The molecule has 2 heterocycles. The molecule has 1 aromatic carbocycles. The van der Waals surface area contributed by atoms with Gasteiger partial charge in [0.15, 0.2) is 6.61 Å². The number of alkyl halides is 2. The number of rotatable bonds is 8. The quantitative estimate of drug-likeness (QED) is 0.549. The first-order valence-corrected chi connectivity index (χ1v) is 9.74. The number of esters is 1. The number of nitrogens with zero attached hydrogens (tertiary/aromatic N) is 1. The van der Waals surface area contributed by atoms with Crippen LogP contribution in [0.4, 0.5) is 14.5 Å². The number of benzene rings is 1. The van der Waals surface area contributed by atoms with Crippen LogP contribution >= 0.6 is 22.7 Å². The number of carbonyl (C=O) groups is 2. The molecule has 0 unspecified atom stereocenters. The summed E-state index contributed by atoms with van der Waals surface area (Å²) >= 11 is 3.00. The van der Waals surface area contributed by atoms with Gasteiger partial charge >= 0.3 is 12.6 Å². The number of amides is 1. The second-order valence-electron chi connectivity index (χ2n) is 5.41. The molecule has 10 heteroatoms.